The number of aromatic nitrogens is 1. The van der Waals surface area contributed by atoms with Crippen LogP contribution in [0.3, 0.4) is 0 Å². The standard InChI is InChI=1S/C15H18N2O4S/c1-21-12-4-2-11-3-5-14(17-13(11)8-12)16-9-15(18)6-7-22(19,20)10-15/h2-5,8,18H,6-7,9-10H2,1H3,(H,16,17). The third-order valence-corrected chi connectivity index (χ3v) is 5.67. The van der Waals surface area contributed by atoms with Crippen molar-refractivity contribution < 1.29 is 18.3 Å². The highest BCUT2D eigenvalue weighted by molar-refractivity contribution is 7.91. The van der Waals surface area contributed by atoms with Crippen molar-refractivity contribution in [2.45, 2.75) is 12.0 Å². The van der Waals surface area contributed by atoms with Gasteiger partial charge in [0, 0.05) is 18.0 Å². The minimum atomic E-state index is -3.13. The SMILES string of the molecule is COc1ccc2ccc(NCC3(O)CCS(=O)(=O)C3)nc2c1. The van der Waals surface area contributed by atoms with E-state index in [2.05, 4.69) is 10.3 Å². The Balaban J connectivity index is 1.77. The van der Waals surface area contributed by atoms with Crippen molar-refractivity contribution in [2.75, 3.05) is 30.5 Å². The van der Waals surface area contributed by atoms with Gasteiger partial charge in [0.05, 0.1) is 29.7 Å². The topological polar surface area (TPSA) is 88.5 Å². The predicted octanol–water partition coefficient (Wildman–Crippen LogP) is 1.20. The molecule has 22 heavy (non-hydrogen) atoms. The quantitative estimate of drug-likeness (QED) is 0.879. The Bertz CT molecular complexity index is 806. The van der Waals surface area contributed by atoms with Crippen LogP contribution in [0.2, 0.25) is 0 Å². The van der Waals surface area contributed by atoms with Crippen molar-refractivity contribution >= 4 is 26.6 Å². The molecule has 118 valence electrons. The molecule has 1 aromatic carbocycles. The maximum Gasteiger partial charge on any atom is 0.153 e. The molecule has 1 aliphatic rings. The van der Waals surface area contributed by atoms with Crippen LogP contribution in [0.1, 0.15) is 6.42 Å². The number of hydrogen-bond donors (Lipinski definition) is 2. The van der Waals surface area contributed by atoms with Crippen molar-refractivity contribution in [3.63, 3.8) is 0 Å². The van der Waals surface area contributed by atoms with Gasteiger partial charge in [-0.3, -0.25) is 0 Å². The highest BCUT2D eigenvalue weighted by atomic mass is 32.2. The summed E-state index contributed by atoms with van der Waals surface area (Å²) in [7, 11) is -1.53. The average molecular weight is 322 g/mol. The monoisotopic (exact) mass is 322 g/mol. The highest BCUT2D eigenvalue weighted by Gasteiger charge is 2.40. The molecule has 1 fully saturated rings. The van der Waals surface area contributed by atoms with Crippen LogP contribution < -0.4 is 10.1 Å². The molecule has 0 amide bonds. The van der Waals surface area contributed by atoms with Gasteiger partial charge < -0.3 is 15.2 Å². The first-order chi connectivity index (χ1) is 10.4. The number of fused-ring (bicyclic) bond motifs is 1. The lowest BCUT2D eigenvalue weighted by molar-refractivity contribution is 0.0814. The number of methoxy groups -OCH3 is 1. The molecule has 1 unspecified atom stereocenters. The highest BCUT2D eigenvalue weighted by Crippen LogP contribution is 2.25. The van der Waals surface area contributed by atoms with Gasteiger partial charge in [-0.05, 0) is 30.7 Å². The minimum absolute atomic E-state index is 0.0352. The van der Waals surface area contributed by atoms with Crippen molar-refractivity contribution in [3.8, 4) is 5.75 Å². The molecule has 0 saturated carbocycles. The number of nitrogens with zero attached hydrogens (tertiary/aromatic N) is 1. The summed E-state index contributed by atoms with van der Waals surface area (Å²) in [5, 5.41) is 14.3. The molecule has 2 N–H and O–H groups in total. The van der Waals surface area contributed by atoms with Gasteiger partial charge in [-0.25, -0.2) is 13.4 Å². The van der Waals surface area contributed by atoms with Gasteiger partial charge in [-0.1, -0.05) is 0 Å². The summed E-state index contributed by atoms with van der Waals surface area (Å²) in [6.07, 6.45) is 0.254. The largest absolute Gasteiger partial charge is 0.497 e. The van der Waals surface area contributed by atoms with E-state index in [1.165, 1.54) is 0 Å². The molecular formula is C15H18N2O4S. The van der Waals surface area contributed by atoms with Crippen LogP contribution in [0.15, 0.2) is 30.3 Å². The fraction of sp³-hybridized carbons (Fsp3) is 0.400. The zero-order valence-corrected chi connectivity index (χ0v) is 13.1. The second-order valence-electron chi connectivity index (χ2n) is 5.68. The molecule has 3 rings (SSSR count). The lowest BCUT2D eigenvalue weighted by Gasteiger charge is -2.21. The first-order valence-corrected chi connectivity index (χ1v) is 8.83. The van der Waals surface area contributed by atoms with Crippen LogP contribution >= 0.6 is 0 Å². The molecule has 1 atom stereocenters. The van der Waals surface area contributed by atoms with E-state index >= 15 is 0 Å². The Morgan fingerprint density at radius 3 is 2.82 bits per heavy atom. The van der Waals surface area contributed by atoms with Gasteiger partial charge in [-0.2, -0.15) is 0 Å². The lowest BCUT2D eigenvalue weighted by Crippen LogP contribution is -2.38. The Morgan fingerprint density at radius 2 is 2.14 bits per heavy atom. The molecule has 0 radical (unpaired) electrons. The van der Waals surface area contributed by atoms with Gasteiger partial charge in [0.1, 0.15) is 11.6 Å². The van der Waals surface area contributed by atoms with E-state index in [1.807, 2.05) is 30.3 Å². The van der Waals surface area contributed by atoms with E-state index < -0.39 is 15.4 Å². The summed E-state index contributed by atoms with van der Waals surface area (Å²) in [4.78, 5) is 4.46. The molecule has 6 nitrogen and oxygen atoms in total. The summed E-state index contributed by atoms with van der Waals surface area (Å²) in [5.41, 5.74) is -0.445. The van der Waals surface area contributed by atoms with Crippen LogP contribution in [0.5, 0.6) is 5.75 Å². The van der Waals surface area contributed by atoms with Gasteiger partial charge >= 0.3 is 0 Å². The van der Waals surface area contributed by atoms with Crippen molar-refractivity contribution in [1.29, 1.82) is 0 Å². The van der Waals surface area contributed by atoms with Crippen molar-refractivity contribution in [1.82, 2.24) is 4.98 Å². The van der Waals surface area contributed by atoms with Crippen LogP contribution in [-0.4, -0.2) is 49.3 Å². The smallest absolute Gasteiger partial charge is 0.153 e. The van der Waals surface area contributed by atoms with E-state index in [0.717, 1.165) is 16.7 Å². The lowest BCUT2D eigenvalue weighted by atomic mass is 10.0. The number of nitrogens with one attached hydrogen (secondary N) is 1. The third-order valence-electron chi connectivity index (χ3n) is 3.86. The fourth-order valence-electron chi connectivity index (χ4n) is 2.62. The van der Waals surface area contributed by atoms with Crippen LogP contribution in [0.25, 0.3) is 10.9 Å². The fourth-order valence-corrected chi connectivity index (χ4v) is 4.52. The predicted molar refractivity (Wildman–Crippen MR) is 85.0 cm³/mol. The van der Waals surface area contributed by atoms with E-state index in [-0.39, 0.29) is 24.5 Å². The normalized spacial score (nSPS) is 23.5. The van der Waals surface area contributed by atoms with Gasteiger partial charge in [-0.15, -0.1) is 0 Å². The number of anilines is 1. The number of ether oxygens (including phenoxy) is 1. The zero-order chi connectivity index (χ0) is 15.8. The molecule has 7 heteroatoms. The Labute approximate surface area is 129 Å². The second kappa shape index (κ2) is 5.40. The first-order valence-electron chi connectivity index (χ1n) is 7.01. The molecule has 2 aromatic rings. The molecule has 0 bridgehead atoms. The van der Waals surface area contributed by atoms with Crippen LogP contribution in [0.4, 0.5) is 5.82 Å². The van der Waals surface area contributed by atoms with Gasteiger partial charge in [0.25, 0.3) is 0 Å². The number of aliphatic hydroxyl groups is 1. The summed E-state index contributed by atoms with van der Waals surface area (Å²) in [6.45, 7) is 0.161. The Hall–Kier alpha value is -1.86. The summed E-state index contributed by atoms with van der Waals surface area (Å²) < 4.78 is 28.1. The summed E-state index contributed by atoms with van der Waals surface area (Å²) in [6, 6.07) is 9.33. The van der Waals surface area contributed by atoms with Crippen molar-refractivity contribution in [2.24, 2.45) is 0 Å². The van der Waals surface area contributed by atoms with Crippen molar-refractivity contribution in [3.05, 3.63) is 30.3 Å². The van der Waals surface area contributed by atoms with E-state index in [4.69, 9.17) is 4.74 Å². The molecule has 2 heterocycles. The minimum Gasteiger partial charge on any atom is -0.497 e. The van der Waals surface area contributed by atoms with Gasteiger partial charge in [0.15, 0.2) is 9.84 Å². The molecule has 0 aliphatic carbocycles. The van der Waals surface area contributed by atoms with E-state index in [9.17, 15) is 13.5 Å². The Kier molecular flexibility index (Phi) is 3.70. The number of rotatable bonds is 4. The molecule has 0 spiro atoms. The summed E-state index contributed by atoms with van der Waals surface area (Å²) in [5.74, 6) is 1.15. The zero-order valence-electron chi connectivity index (χ0n) is 12.2. The number of benzene rings is 1. The number of pyridine rings is 1. The van der Waals surface area contributed by atoms with E-state index in [1.54, 1.807) is 7.11 Å². The van der Waals surface area contributed by atoms with Crippen LogP contribution in [0, 0.1) is 0 Å². The second-order valence-corrected chi connectivity index (χ2v) is 7.86. The molecule has 1 aromatic heterocycles. The first kappa shape index (κ1) is 15.1. The molecular weight excluding hydrogens is 304 g/mol. The summed E-state index contributed by atoms with van der Waals surface area (Å²) >= 11 is 0. The van der Waals surface area contributed by atoms with E-state index in [0.29, 0.717) is 5.82 Å². The third kappa shape index (κ3) is 3.15. The van der Waals surface area contributed by atoms with Crippen LogP contribution in [-0.2, 0) is 9.84 Å². The Morgan fingerprint density at radius 1 is 1.36 bits per heavy atom. The maximum absolute atomic E-state index is 11.5. The molecule has 1 aliphatic heterocycles. The molecule has 1 saturated heterocycles. The van der Waals surface area contributed by atoms with Gasteiger partial charge in [0.2, 0.25) is 0 Å². The maximum atomic E-state index is 11.5. The number of hydrogen-bond acceptors (Lipinski definition) is 6. The average Bonchev–Trinajstić information content (AvgIpc) is 2.78. The number of sulfone groups is 1.